The molecule has 1 saturated carbocycles. The number of imidazole rings is 1. The van der Waals surface area contributed by atoms with E-state index in [1.54, 1.807) is 12.1 Å². The lowest BCUT2D eigenvalue weighted by atomic mass is 9.79. The van der Waals surface area contributed by atoms with Crippen molar-refractivity contribution in [1.82, 2.24) is 19.4 Å². The van der Waals surface area contributed by atoms with Crippen LogP contribution >= 0.6 is 0 Å². The highest BCUT2D eigenvalue weighted by molar-refractivity contribution is 5.65. The normalized spacial score (nSPS) is 20.8. The summed E-state index contributed by atoms with van der Waals surface area (Å²) in [4.78, 5) is 14.1. The van der Waals surface area contributed by atoms with Gasteiger partial charge in [0.2, 0.25) is 0 Å². The van der Waals surface area contributed by atoms with Gasteiger partial charge in [-0.2, -0.15) is 0 Å². The molecule has 0 saturated heterocycles. The number of hydrogen-bond acceptors (Lipinski definition) is 6. The molecule has 0 spiro atoms. The molecule has 0 unspecified atom stereocenters. The summed E-state index contributed by atoms with van der Waals surface area (Å²) < 4.78 is 15.2. The Bertz CT molecular complexity index is 1270. The third-order valence-electron chi connectivity index (χ3n) is 6.50. The lowest BCUT2D eigenvalue weighted by Gasteiger charge is -2.34. The third-order valence-corrected chi connectivity index (χ3v) is 6.50. The van der Waals surface area contributed by atoms with E-state index < -0.39 is 5.54 Å². The summed E-state index contributed by atoms with van der Waals surface area (Å²) in [6.45, 7) is 2.58. The maximum Gasteiger partial charge on any atom is 0.148 e. The van der Waals surface area contributed by atoms with Crippen molar-refractivity contribution in [2.24, 2.45) is 11.5 Å². The predicted octanol–water partition coefficient (Wildman–Crippen LogP) is 3.91. The van der Waals surface area contributed by atoms with Crippen molar-refractivity contribution in [3.05, 3.63) is 77.8 Å². The van der Waals surface area contributed by atoms with E-state index in [0.29, 0.717) is 12.4 Å². The molecular formula is C25H28FN7. The molecule has 170 valence electrons. The number of anilines is 1. The molecule has 1 aliphatic carbocycles. The number of aryl methyl sites for hydroxylation is 1. The second-order valence-corrected chi connectivity index (χ2v) is 8.99. The Kier molecular flexibility index (Phi) is 5.55. The molecule has 7 nitrogen and oxygen atoms in total. The molecular weight excluding hydrogens is 417 g/mol. The van der Waals surface area contributed by atoms with Crippen LogP contribution in [0.15, 0.2) is 55.0 Å². The van der Waals surface area contributed by atoms with E-state index in [0.717, 1.165) is 59.5 Å². The molecule has 0 bridgehead atoms. The number of rotatable bonds is 5. The van der Waals surface area contributed by atoms with Gasteiger partial charge in [-0.25, -0.2) is 19.3 Å². The van der Waals surface area contributed by atoms with Gasteiger partial charge in [0, 0.05) is 25.0 Å². The van der Waals surface area contributed by atoms with Crippen LogP contribution in [-0.4, -0.2) is 25.4 Å². The highest BCUT2D eigenvalue weighted by atomic mass is 19.1. The van der Waals surface area contributed by atoms with Crippen LogP contribution in [-0.2, 0) is 12.1 Å². The van der Waals surface area contributed by atoms with E-state index in [9.17, 15) is 4.39 Å². The van der Waals surface area contributed by atoms with Crippen LogP contribution in [0.25, 0.3) is 17.0 Å². The van der Waals surface area contributed by atoms with Crippen LogP contribution in [0.2, 0.25) is 0 Å². The zero-order chi connectivity index (χ0) is 23.0. The summed E-state index contributed by atoms with van der Waals surface area (Å²) >= 11 is 0. The van der Waals surface area contributed by atoms with Crippen molar-refractivity contribution in [3.63, 3.8) is 0 Å². The monoisotopic (exact) mass is 445 g/mol. The van der Waals surface area contributed by atoms with Crippen LogP contribution in [0, 0.1) is 12.7 Å². The van der Waals surface area contributed by atoms with Gasteiger partial charge in [0.1, 0.15) is 17.3 Å². The van der Waals surface area contributed by atoms with Gasteiger partial charge in [0.15, 0.2) is 0 Å². The minimum Gasteiger partial charge on any atom is -0.380 e. The zero-order valence-corrected chi connectivity index (χ0v) is 18.6. The summed E-state index contributed by atoms with van der Waals surface area (Å²) in [5.41, 5.74) is 17.7. The zero-order valence-electron chi connectivity index (χ0n) is 18.6. The van der Waals surface area contributed by atoms with E-state index in [-0.39, 0.29) is 11.9 Å². The van der Waals surface area contributed by atoms with Gasteiger partial charge in [0.25, 0.3) is 0 Å². The molecule has 1 fully saturated rings. The minimum absolute atomic E-state index is 0.200. The fourth-order valence-electron chi connectivity index (χ4n) is 4.39. The minimum atomic E-state index is -0.555. The molecule has 5 rings (SSSR count). The van der Waals surface area contributed by atoms with Crippen molar-refractivity contribution in [2.75, 3.05) is 5.32 Å². The van der Waals surface area contributed by atoms with Crippen LogP contribution < -0.4 is 16.8 Å². The molecule has 3 aromatic heterocycles. The first-order valence-electron chi connectivity index (χ1n) is 11.3. The molecule has 3 heterocycles. The largest absolute Gasteiger partial charge is 0.380 e. The predicted molar refractivity (Wildman–Crippen MR) is 127 cm³/mol. The van der Waals surface area contributed by atoms with E-state index >= 15 is 0 Å². The molecule has 1 aliphatic rings. The Balaban J connectivity index is 1.46. The molecule has 5 N–H and O–H groups in total. The van der Waals surface area contributed by atoms with Gasteiger partial charge in [-0.05, 0) is 68.0 Å². The molecule has 0 atom stereocenters. The van der Waals surface area contributed by atoms with Crippen molar-refractivity contribution in [3.8, 4) is 11.4 Å². The van der Waals surface area contributed by atoms with Crippen molar-refractivity contribution < 1.29 is 4.39 Å². The third kappa shape index (κ3) is 4.31. The molecule has 0 radical (unpaired) electrons. The van der Waals surface area contributed by atoms with Crippen molar-refractivity contribution in [2.45, 2.75) is 50.7 Å². The van der Waals surface area contributed by atoms with Gasteiger partial charge < -0.3 is 16.8 Å². The fraction of sp³-hybridized carbons (Fsp3) is 0.320. The Morgan fingerprint density at radius 3 is 2.61 bits per heavy atom. The molecule has 33 heavy (non-hydrogen) atoms. The number of aromatic nitrogens is 4. The van der Waals surface area contributed by atoms with Gasteiger partial charge in [-0.1, -0.05) is 12.1 Å². The number of fused-ring (bicyclic) bond motifs is 1. The number of nitrogens with two attached hydrogens (primary N) is 2. The SMILES string of the molecule is Cc1cnc(C2(N)CCC(N)CC2)nc1-c1cnc2ccc(NCc3ccc(F)cc3)cn12. The van der Waals surface area contributed by atoms with Gasteiger partial charge in [-0.15, -0.1) is 0 Å². The highest BCUT2D eigenvalue weighted by Crippen LogP contribution is 2.34. The topological polar surface area (TPSA) is 107 Å². The smallest absolute Gasteiger partial charge is 0.148 e. The van der Waals surface area contributed by atoms with Crippen LogP contribution in [0.4, 0.5) is 10.1 Å². The molecule has 0 aliphatic heterocycles. The summed E-state index contributed by atoms with van der Waals surface area (Å²) in [5, 5.41) is 3.39. The average molecular weight is 446 g/mol. The maximum atomic E-state index is 13.2. The number of nitrogens with zero attached hydrogens (tertiary/aromatic N) is 4. The van der Waals surface area contributed by atoms with Crippen LogP contribution in [0.5, 0.6) is 0 Å². The second kappa shape index (κ2) is 8.53. The standard InChI is InChI=1S/C25H28FN7/c1-16-12-31-24(25(28)10-8-19(27)9-11-25)32-23(16)21-14-30-22-7-6-20(15-33(21)22)29-13-17-2-4-18(26)5-3-17/h2-7,12,14-15,19,29H,8-11,13,27-28H2,1H3. The first-order valence-corrected chi connectivity index (χ1v) is 11.3. The molecule has 0 amide bonds. The number of hydrogen-bond donors (Lipinski definition) is 3. The Labute approximate surface area is 192 Å². The van der Waals surface area contributed by atoms with Crippen molar-refractivity contribution in [1.29, 1.82) is 0 Å². The first kappa shape index (κ1) is 21.5. The number of pyridine rings is 1. The van der Waals surface area contributed by atoms with E-state index in [1.807, 2.05) is 42.0 Å². The van der Waals surface area contributed by atoms with Gasteiger partial charge >= 0.3 is 0 Å². The van der Waals surface area contributed by atoms with Crippen molar-refractivity contribution >= 4 is 11.3 Å². The lowest BCUT2D eigenvalue weighted by Crippen LogP contribution is -2.45. The molecule has 4 aromatic rings. The average Bonchev–Trinajstić information content (AvgIpc) is 3.24. The summed E-state index contributed by atoms with van der Waals surface area (Å²) in [5.74, 6) is 0.425. The van der Waals surface area contributed by atoms with Gasteiger partial charge in [-0.3, -0.25) is 4.40 Å². The lowest BCUT2D eigenvalue weighted by molar-refractivity contribution is 0.264. The van der Waals surface area contributed by atoms with E-state index in [2.05, 4.69) is 15.3 Å². The van der Waals surface area contributed by atoms with Crippen LogP contribution in [0.3, 0.4) is 0 Å². The molecule has 1 aromatic carbocycles. The quantitative estimate of drug-likeness (QED) is 0.430. The summed E-state index contributed by atoms with van der Waals surface area (Å²) in [7, 11) is 0. The Morgan fingerprint density at radius 2 is 1.85 bits per heavy atom. The number of benzene rings is 1. The van der Waals surface area contributed by atoms with E-state index in [1.165, 1.54) is 12.1 Å². The highest BCUT2D eigenvalue weighted by Gasteiger charge is 2.35. The first-order chi connectivity index (χ1) is 15.9. The Morgan fingerprint density at radius 1 is 1.09 bits per heavy atom. The second-order valence-electron chi connectivity index (χ2n) is 8.99. The van der Waals surface area contributed by atoms with E-state index in [4.69, 9.17) is 16.5 Å². The fourth-order valence-corrected chi connectivity index (χ4v) is 4.39. The Hall–Kier alpha value is -3.36. The number of halogens is 1. The maximum absolute atomic E-state index is 13.2. The van der Waals surface area contributed by atoms with Gasteiger partial charge in [0.05, 0.1) is 28.8 Å². The van der Waals surface area contributed by atoms with Crippen LogP contribution in [0.1, 0.15) is 42.6 Å². The summed E-state index contributed by atoms with van der Waals surface area (Å²) in [6, 6.07) is 10.6. The number of nitrogens with one attached hydrogen (secondary N) is 1. The molecule has 8 heteroatoms. The summed E-state index contributed by atoms with van der Waals surface area (Å²) in [6.07, 6.45) is 8.99.